The van der Waals surface area contributed by atoms with Gasteiger partial charge in [0.15, 0.2) is 0 Å². The van der Waals surface area contributed by atoms with Crippen LogP contribution in [0, 0.1) is 0 Å². The van der Waals surface area contributed by atoms with Crippen LogP contribution in [0.25, 0.3) is 11.3 Å². The molecule has 1 aromatic carbocycles. The summed E-state index contributed by atoms with van der Waals surface area (Å²) in [5, 5.41) is 13.7. The summed E-state index contributed by atoms with van der Waals surface area (Å²) in [6.07, 6.45) is 1.78. The quantitative estimate of drug-likeness (QED) is 0.813. The number of nitrogens with zero attached hydrogens (tertiary/aromatic N) is 2. The smallest absolute Gasteiger partial charge is 0.116 e. The maximum atomic E-state index is 9.41. The SMILES string of the molecule is CC(C)n1nccc1-c1cccc(O)c1. The number of aromatic nitrogens is 2. The molecule has 0 bridgehead atoms. The van der Waals surface area contributed by atoms with E-state index >= 15 is 0 Å². The minimum Gasteiger partial charge on any atom is -0.508 e. The highest BCUT2D eigenvalue weighted by Gasteiger charge is 2.07. The van der Waals surface area contributed by atoms with Crippen molar-refractivity contribution in [3.8, 4) is 17.0 Å². The fourth-order valence-electron chi connectivity index (χ4n) is 1.62. The zero-order chi connectivity index (χ0) is 10.8. The molecule has 0 atom stereocenters. The molecule has 1 heterocycles. The Kier molecular flexibility index (Phi) is 2.46. The van der Waals surface area contributed by atoms with E-state index in [0.29, 0.717) is 6.04 Å². The Bertz CT molecular complexity index is 460. The van der Waals surface area contributed by atoms with Crippen molar-refractivity contribution in [2.24, 2.45) is 0 Å². The third kappa shape index (κ3) is 1.86. The molecule has 0 spiro atoms. The lowest BCUT2D eigenvalue weighted by Gasteiger charge is -2.10. The van der Waals surface area contributed by atoms with Gasteiger partial charge in [0, 0.05) is 17.8 Å². The van der Waals surface area contributed by atoms with E-state index in [1.54, 1.807) is 18.3 Å². The predicted octanol–water partition coefficient (Wildman–Crippen LogP) is 2.84. The normalized spacial score (nSPS) is 10.9. The Hall–Kier alpha value is -1.77. The van der Waals surface area contributed by atoms with Crippen molar-refractivity contribution in [2.45, 2.75) is 19.9 Å². The van der Waals surface area contributed by atoms with Gasteiger partial charge in [0.05, 0.1) is 5.69 Å². The molecule has 2 aromatic rings. The first kappa shape index (κ1) is 9.77. The number of benzene rings is 1. The molecule has 0 unspecified atom stereocenters. The molecule has 0 aliphatic rings. The average molecular weight is 202 g/mol. The molecule has 0 radical (unpaired) electrons. The van der Waals surface area contributed by atoms with E-state index in [0.717, 1.165) is 11.3 Å². The summed E-state index contributed by atoms with van der Waals surface area (Å²) < 4.78 is 1.94. The van der Waals surface area contributed by atoms with Gasteiger partial charge < -0.3 is 5.11 Å². The molecule has 0 amide bonds. The highest BCUT2D eigenvalue weighted by atomic mass is 16.3. The van der Waals surface area contributed by atoms with Crippen LogP contribution >= 0.6 is 0 Å². The van der Waals surface area contributed by atoms with Gasteiger partial charge in [0.25, 0.3) is 0 Å². The van der Waals surface area contributed by atoms with Gasteiger partial charge in [0.1, 0.15) is 5.75 Å². The maximum Gasteiger partial charge on any atom is 0.116 e. The van der Waals surface area contributed by atoms with Crippen molar-refractivity contribution >= 4 is 0 Å². The van der Waals surface area contributed by atoms with Gasteiger partial charge in [-0.1, -0.05) is 12.1 Å². The van der Waals surface area contributed by atoms with Crippen molar-refractivity contribution in [1.82, 2.24) is 9.78 Å². The third-order valence-electron chi connectivity index (χ3n) is 2.30. The molecule has 0 aliphatic carbocycles. The van der Waals surface area contributed by atoms with Gasteiger partial charge in [-0.2, -0.15) is 5.10 Å². The average Bonchev–Trinajstić information content (AvgIpc) is 2.65. The van der Waals surface area contributed by atoms with Gasteiger partial charge in [-0.05, 0) is 32.0 Å². The Morgan fingerprint density at radius 2 is 2.07 bits per heavy atom. The largest absolute Gasteiger partial charge is 0.508 e. The number of phenols is 1. The Balaban J connectivity index is 2.49. The number of aromatic hydroxyl groups is 1. The summed E-state index contributed by atoms with van der Waals surface area (Å²) in [6, 6.07) is 9.49. The lowest BCUT2D eigenvalue weighted by Crippen LogP contribution is -2.04. The van der Waals surface area contributed by atoms with Crippen LogP contribution in [0.4, 0.5) is 0 Å². The second kappa shape index (κ2) is 3.77. The standard InChI is InChI=1S/C12H14N2O/c1-9(2)14-12(6-7-13-14)10-4-3-5-11(15)8-10/h3-9,15H,1-2H3. The van der Waals surface area contributed by atoms with Crippen LogP contribution in [0.15, 0.2) is 36.5 Å². The molecular formula is C12H14N2O. The minimum absolute atomic E-state index is 0.281. The summed E-state index contributed by atoms with van der Waals surface area (Å²) in [6.45, 7) is 4.17. The summed E-state index contributed by atoms with van der Waals surface area (Å²) in [5.41, 5.74) is 2.02. The summed E-state index contributed by atoms with van der Waals surface area (Å²) in [7, 11) is 0. The molecule has 1 aromatic heterocycles. The van der Waals surface area contributed by atoms with Crippen LogP contribution in [-0.4, -0.2) is 14.9 Å². The van der Waals surface area contributed by atoms with Gasteiger partial charge >= 0.3 is 0 Å². The van der Waals surface area contributed by atoms with Gasteiger partial charge in [-0.25, -0.2) is 0 Å². The topological polar surface area (TPSA) is 38.0 Å². The van der Waals surface area contributed by atoms with E-state index in [1.165, 1.54) is 0 Å². The summed E-state index contributed by atoms with van der Waals surface area (Å²) in [5.74, 6) is 0.281. The van der Waals surface area contributed by atoms with Crippen molar-refractivity contribution < 1.29 is 5.11 Å². The second-order valence-electron chi connectivity index (χ2n) is 3.81. The third-order valence-corrected chi connectivity index (χ3v) is 2.30. The second-order valence-corrected chi connectivity index (χ2v) is 3.81. The van der Waals surface area contributed by atoms with E-state index in [-0.39, 0.29) is 5.75 Å². The molecule has 3 heteroatoms. The molecule has 0 saturated heterocycles. The molecule has 15 heavy (non-hydrogen) atoms. The van der Waals surface area contributed by atoms with E-state index in [2.05, 4.69) is 18.9 Å². The van der Waals surface area contributed by atoms with Crippen molar-refractivity contribution in [1.29, 1.82) is 0 Å². The lowest BCUT2D eigenvalue weighted by molar-refractivity contribution is 0.475. The molecule has 1 N–H and O–H groups in total. The first-order valence-electron chi connectivity index (χ1n) is 5.01. The van der Waals surface area contributed by atoms with Crippen LogP contribution in [0.3, 0.4) is 0 Å². The fourth-order valence-corrected chi connectivity index (χ4v) is 1.62. The first-order chi connectivity index (χ1) is 7.18. The monoisotopic (exact) mass is 202 g/mol. The molecule has 0 fully saturated rings. The van der Waals surface area contributed by atoms with Crippen LogP contribution in [-0.2, 0) is 0 Å². The molecule has 3 nitrogen and oxygen atoms in total. The zero-order valence-electron chi connectivity index (χ0n) is 8.88. The predicted molar refractivity (Wildman–Crippen MR) is 59.7 cm³/mol. The van der Waals surface area contributed by atoms with Crippen LogP contribution in [0.1, 0.15) is 19.9 Å². The van der Waals surface area contributed by atoms with Crippen LogP contribution in [0.2, 0.25) is 0 Å². The number of phenolic OH excluding ortho intramolecular Hbond substituents is 1. The van der Waals surface area contributed by atoms with E-state index in [9.17, 15) is 5.11 Å². The van der Waals surface area contributed by atoms with Gasteiger partial charge in [-0.3, -0.25) is 4.68 Å². The number of rotatable bonds is 2. The highest BCUT2D eigenvalue weighted by Crippen LogP contribution is 2.24. The van der Waals surface area contributed by atoms with Crippen LogP contribution < -0.4 is 0 Å². The summed E-state index contributed by atoms with van der Waals surface area (Å²) >= 11 is 0. The van der Waals surface area contributed by atoms with Crippen molar-refractivity contribution in [3.05, 3.63) is 36.5 Å². The zero-order valence-corrected chi connectivity index (χ0v) is 8.88. The summed E-state index contributed by atoms with van der Waals surface area (Å²) in [4.78, 5) is 0. The lowest BCUT2D eigenvalue weighted by atomic mass is 10.1. The molecule has 0 saturated carbocycles. The fraction of sp³-hybridized carbons (Fsp3) is 0.250. The molecule has 0 aliphatic heterocycles. The molecule has 78 valence electrons. The number of hydrogen-bond donors (Lipinski definition) is 1. The van der Waals surface area contributed by atoms with Crippen molar-refractivity contribution in [3.63, 3.8) is 0 Å². The van der Waals surface area contributed by atoms with E-state index in [1.807, 2.05) is 22.9 Å². The Morgan fingerprint density at radius 1 is 1.27 bits per heavy atom. The molecule has 2 rings (SSSR count). The number of hydrogen-bond acceptors (Lipinski definition) is 2. The van der Waals surface area contributed by atoms with Crippen LogP contribution in [0.5, 0.6) is 5.75 Å². The van der Waals surface area contributed by atoms with E-state index < -0.39 is 0 Å². The minimum atomic E-state index is 0.281. The Labute approximate surface area is 89.0 Å². The maximum absolute atomic E-state index is 9.41. The van der Waals surface area contributed by atoms with E-state index in [4.69, 9.17) is 0 Å². The Morgan fingerprint density at radius 3 is 2.73 bits per heavy atom. The van der Waals surface area contributed by atoms with Gasteiger partial charge in [0.2, 0.25) is 0 Å². The first-order valence-corrected chi connectivity index (χ1v) is 5.01. The molecular weight excluding hydrogens is 188 g/mol. The van der Waals surface area contributed by atoms with Gasteiger partial charge in [-0.15, -0.1) is 0 Å². The van der Waals surface area contributed by atoms with Crippen molar-refractivity contribution in [2.75, 3.05) is 0 Å². The highest BCUT2D eigenvalue weighted by molar-refractivity contribution is 5.61.